The van der Waals surface area contributed by atoms with Crippen LogP contribution in [0.2, 0.25) is 8.67 Å². The number of hydrogen-bond acceptors (Lipinski definition) is 3. The van der Waals surface area contributed by atoms with Crippen LogP contribution in [0.3, 0.4) is 0 Å². The molecule has 17 heavy (non-hydrogen) atoms. The summed E-state index contributed by atoms with van der Waals surface area (Å²) in [5.41, 5.74) is 0.353. The molecule has 0 aliphatic heterocycles. The fourth-order valence-electron chi connectivity index (χ4n) is 1.13. The molecule has 3 nitrogen and oxygen atoms in total. The van der Waals surface area contributed by atoms with Crippen LogP contribution >= 0.6 is 50.5 Å². The first-order chi connectivity index (χ1) is 8.06. The van der Waals surface area contributed by atoms with Crippen molar-refractivity contribution in [3.05, 3.63) is 43.1 Å². The molecule has 0 aliphatic rings. The largest absolute Gasteiger partial charge is 0.306 e. The van der Waals surface area contributed by atoms with Crippen molar-refractivity contribution in [1.29, 1.82) is 0 Å². The van der Waals surface area contributed by atoms with Gasteiger partial charge in [0.25, 0.3) is 5.91 Å². The van der Waals surface area contributed by atoms with Crippen LogP contribution in [-0.4, -0.2) is 10.9 Å². The zero-order valence-corrected chi connectivity index (χ0v) is 12.1. The number of carbonyl (C=O) groups excluding carboxylic acids is 1. The van der Waals surface area contributed by atoms with Crippen molar-refractivity contribution in [3.8, 4) is 0 Å². The first-order valence-corrected chi connectivity index (χ1v) is 6.80. The Morgan fingerprint density at radius 2 is 2.18 bits per heavy atom. The molecular formula is C10H5BrCl2N2OS. The molecule has 0 unspecified atom stereocenters. The van der Waals surface area contributed by atoms with Crippen LogP contribution in [0.15, 0.2) is 28.9 Å². The molecule has 1 amide bonds. The first kappa shape index (κ1) is 12.8. The van der Waals surface area contributed by atoms with Crippen LogP contribution in [0, 0.1) is 0 Å². The Kier molecular flexibility index (Phi) is 4.04. The van der Waals surface area contributed by atoms with Crippen LogP contribution in [0.1, 0.15) is 10.4 Å². The summed E-state index contributed by atoms with van der Waals surface area (Å²) in [7, 11) is 0. The van der Waals surface area contributed by atoms with Gasteiger partial charge in [-0.2, -0.15) is 0 Å². The number of anilines is 1. The molecule has 2 aromatic heterocycles. The summed E-state index contributed by atoms with van der Waals surface area (Å²) in [6.07, 6.45) is 1.60. The molecule has 0 saturated heterocycles. The van der Waals surface area contributed by atoms with Gasteiger partial charge in [0.05, 0.1) is 9.90 Å². The topological polar surface area (TPSA) is 42.0 Å². The smallest absolute Gasteiger partial charge is 0.259 e. The third-order valence-electron chi connectivity index (χ3n) is 1.87. The van der Waals surface area contributed by atoms with E-state index in [4.69, 9.17) is 23.2 Å². The maximum absolute atomic E-state index is 11.8. The quantitative estimate of drug-likeness (QED) is 0.867. The highest BCUT2D eigenvalue weighted by Crippen LogP contribution is 2.31. The number of nitrogens with one attached hydrogen (secondary N) is 1. The Bertz CT molecular complexity index is 556. The molecule has 2 heterocycles. The van der Waals surface area contributed by atoms with E-state index >= 15 is 0 Å². The molecule has 0 aliphatic carbocycles. The Hall–Kier alpha value is -0.620. The van der Waals surface area contributed by atoms with Gasteiger partial charge in [0.1, 0.15) is 10.2 Å². The molecule has 2 rings (SSSR count). The number of aromatic nitrogens is 1. The van der Waals surface area contributed by atoms with Crippen molar-refractivity contribution >= 4 is 62.2 Å². The molecule has 0 aromatic carbocycles. The molecule has 1 N–H and O–H groups in total. The van der Waals surface area contributed by atoms with Gasteiger partial charge in [-0.3, -0.25) is 4.79 Å². The summed E-state index contributed by atoms with van der Waals surface area (Å²) < 4.78 is 1.68. The normalized spacial score (nSPS) is 10.3. The zero-order valence-electron chi connectivity index (χ0n) is 8.21. The fraction of sp³-hybridized carbons (Fsp3) is 0. The van der Waals surface area contributed by atoms with Crippen LogP contribution in [0.5, 0.6) is 0 Å². The number of carbonyl (C=O) groups is 1. The highest BCUT2D eigenvalue weighted by atomic mass is 79.9. The summed E-state index contributed by atoms with van der Waals surface area (Å²) >= 11 is 16.1. The van der Waals surface area contributed by atoms with Gasteiger partial charge < -0.3 is 5.32 Å². The van der Waals surface area contributed by atoms with Gasteiger partial charge in [-0.15, -0.1) is 11.3 Å². The van der Waals surface area contributed by atoms with E-state index in [1.807, 2.05) is 0 Å². The molecule has 0 saturated carbocycles. The van der Waals surface area contributed by atoms with Gasteiger partial charge in [0, 0.05) is 10.7 Å². The Labute approximate surface area is 120 Å². The van der Waals surface area contributed by atoms with Gasteiger partial charge in [-0.25, -0.2) is 4.98 Å². The zero-order chi connectivity index (χ0) is 12.4. The molecule has 7 heteroatoms. The molecule has 0 fully saturated rings. The van der Waals surface area contributed by atoms with Gasteiger partial charge in [-0.1, -0.05) is 23.2 Å². The van der Waals surface area contributed by atoms with E-state index in [1.54, 1.807) is 18.3 Å². The average Bonchev–Trinajstić information content (AvgIpc) is 2.61. The summed E-state index contributed by atoms with van der Waals surface area (Å²) in [5.74, 6) is 0.129. The SMILES string of the molecule is O=C(Nc1ccc(Br)cn1)c1cc(Cl)sc1Cl. The molecule has 0 atom stereocenters. The van der Waals surface area contributed by atoms with Crippen molar-refractivity contribution in [1.82, 2.24) is 4.98 Å². The number of amides is 1. The summed E-state index contributed by atoms with van der Waals surface area (Å²) in [4.78, 5) is 15.9. The molecule has 2 aromatic rings. The monoisotopic (exact) mass is 350 g/mol. The fourth-order valence-corrected chi connectivity index (χ4v) is 2.82. The van der Waals surface area contributed by atoms with Gasteiger partial charge in [0.15, 0.2) is 0 Å². The minimum Gasteiger partial charge on any atom is -0.306 e. The lowest BCUT2D eigenvalue weighted by atomic mass is 10.3. The number of hydrogen-bond donors (Lipinski definition) is 1. The van der Waals surface area contributed by atoms with E-state index in [0.29, 0.717) is 20.1 Å². The first-order valence-electron chi connectivity index (χ1n) is 4.44. The Morgan fingerprint density at radius 3 is 2.71 bits per heavy atom. The lowest BCUT2D eigenvalue weighted by Gasteiger charge is -2.02. The number of thiophene rings is 1. The second kappa shape index (κ2) is 5.35. The van der Waals surface area contributed by atoms with Crippen LogP contribution in [0.4, 0.5) is 5.82 Å². The highest BCUT2D eigenvalue weighted by Gasteiger charge is 2.14. The van der Waals surface area contributed by atoms with Crippen molar-refractivity contribution in [2.45, 2.75) is 0 Å². The lowest BCUT2D eigenvalue weighted by molar-refractivity contribution is 0.102. The predicted octanol–water partition coefficient (Wildman–Crippen LogP) is 4.46. The maximum atomic E-state index is 11.8. The molecule has 88 valence electrons. The lowest BCUT2D eigenvalue weighted by Crippen LogP contribution is -2.12. The number of nitrogens with zero attached hydrogens (tertiary/aromatic N) is 1. The van der Waals surface area contributed by atoms with Gasteiger partial charge in [0.2, 0.25) is 0 Å². The number of rotatable bonds is 2. The van der Waals surface area contributed by atoms with E-state index < -0.39 is 0 Å². The highest BCUT2D eigenvalue weighted by molar-refractivity contribution is 9.10. The summed E-state index contributed by atoms with van der Waals surface area (Å²) in [6.45, 7) is 0. The van der Waals surface area contributed by atoms with E-state index in [2.05, 4.69) is 26.2 Å². The molecule has 0 radical (unpaired) electrons. The van der Waals surface area contributed by atoms with Gasteiger partial charge in [-0.05, 0) is 34.1 Å². The standard InChI is InChI=1S/C10H5BrCl2N2OS/c11-5-1-2-8(14-4-5)15-10(16)6-3-7(12)17-9(6)13/h1-4H,(H,14,15,16). The molecular weight excluding hydrogens is 347 g/mol. The second-order valence-electron chi connectivity index (χ2n) is 3.05. The second-order valence-corrected chi connectivity index (χ2v) is 6.25. The predicted molar refractivity (Wildman–Crippen MR) is 74.2 cm³/mol. The molecule has 0 spiro atoms. The summed E-state index contributed by atoms with van der Waals surface area (Å²) in [5, 5.41) is 2.63. The van der Waals surface area contributed by atoms with Crippen molar-refractivity contribution in [3.63, 3.8) is 0 Å². The maximum Gasteiger partial charge on any atom is 0.259 e. The number of halogens is 3. The van der Waals surface area contributed by atoms with Gasteiger partial charge >= 0.3 is 0 Å². The van der Waals surface area contributed by atoms with Crippen LogP contribution < -0.4 is 5.32 Å². The third kappa shape index (κ3) is 3.19. The third-order valence-corrected chi connectivity index (χ3v) is 3.83. The van der Waals surface area contributed by atoms with Crippen LogP contribution in [-0.2, 0) is 0 Å². The Morgan fingerprint density at radius 1 is 1.41 bits per heavy atom. The molecule has 0 bridgehead atoms. The Balaban J connectivity index is 2.17. The van der Waals surface area contributed by atoms with E-state index in [-0.39, 0.29) is 5.91 Å². The minimum atomic E-state index is -0.326. The van der Waals surface area contributed by atoms with E-state index in [9.17, 15) is 4.79 Å². The van der Waals surface area contributed by atoms with Crippen molar-refractivity contribution in [2.24, 2.45) is 0 Å². The van der Waals surface area contributed by atoms with Crippen molar-refractivity contribution < 1.29 is 4.79 Å². The van der Waals surface area contributed by atoms with Crippen molar-refractivity contribution in [2.75, 3.05) is 5.32 Å². The van der Waals surface area contributed by atoms with E-state index in [1.165, 1.54) is 6.07 Å². The average molecular weight is 352 g/mol. The minimum absolute atomic E-state index is 0.326. The van der Waals surface area contributed by atoms with Crippen LogP contribution in [0.25, 0.3) is 0 Å². The summed E-state index contributed by atoms with van der Waals surface area (Å²) in [6, 6.07) is 5.00. The number of pyridine rings is 1. The van der Waals surface area contributed by atoms with E-state index in [0.717, 1.165) is 15.8 Å².